The minimum Gasteiger partial charge on any atom is -0.267 e. The third-order valence-corrected chi connectivity index (χ3v) is 5.45. The second-order valence-electron chi connectivity index (χ2n) is 5.48. The van der Waals surface area contributed by atoms with Crippen LogP contribution in [-0.4, -0.2) is 15.5 Å². The number of benzene rings is 2. The molecule has 120 valence electrons. The summed E-state index contributed by atoms with van der Waals surface area (Å²) in [4.78, 5) is 13.6. The fourth-order valence-corrected chi connectivity index (χ4v) is 4.19. The zero-order chi connectivity index (χ0) is 16.7. The summed E-state index contributed by atoms with van der Waals surface area (Å²) in [5.41, 5.74) is 3.37. The maximum Gasteiger partial charge on any atom is 0.271 e. The quantitative estimate of drug-likeness (QED) is 0.610. The van der Waals surface area contributed by atoms with Crippen molar-refractivity contribution in [3.05, 3.63) is 74.5 Å². The predicted octanol–water partition coefficient (Wildman–Crippen LogP) is 4.85. The Morgan fingerprint density at radius 1 is 1.00 bits per heavy atom. The number of nitrogens with zero attached hydrogens (tertiary/aromatic N) is 2. The summed E-state index contributed by atoms with van der Waals surface area (Å²) in [5, 5.41) is 5.98. The smallest absolute Gasteiger partial charge is 0.267 e. The van der Waals surface area contributed by atoms with Gasteiger partial charge in [-0.15, -0.1) is 11.8 Å². The Balaban J connectivity index is 1.94. The van der Waals surface area contributed by atoms with E-state index in [1.54, 1.807) is 42.1 Å². The molecule has 3 aromatic rings. The van der Waals surface area contributed by atoms with E-state index < -0.39 is 0 Å². The van der Waals surface area contributed by atoms with E-state index in [1.807, 2.05) is 18.2 Å². The van der Waals surface area contributed by atoms with Crippen LogP contribution in [0.4, 0.5) is 0 Å². The number of halogens is 2. The van der Waals surface area contributed by atoms with Gasteiger partial charge in [-0.2, -0.15) is 9.78 Å². The Bertz CT molecular complexity index is 983. The van der Waals surface area contributed by atoms with Crippen LogP contribution in [0, 0.1) is 0 Å². The third kappa shape index (κ3) is 2.86. The van der Waals surface area contributed by atoms with Gasteiger partial charge in [-0.1, -0.05) is 29.3 Å². The molecule has 0 N–H and O–H groups in total. The van der Waals surface area contributed by atoms with E-state index in [2.05, 4.69) is 5.10 Å². The van der Waals surface area contributed by atoms with E-state index >= 15 is 0 Å². The van der Waals surface area contributed by atoms with Gasteiger partial charge in [0, 0.05) is 32.3 Å². The van der Waals surface area contributed by atoms with E-state index in [0.717, 1.165) is 33.9 Å². The maximum atomic E-state index is 12.5. The second-order valence-corrected chi connectivity index (χ2v) is 7.49. The molecule has 0 aliphatic carbocycles. The standard InChI is InChI=1S/C18H12Cl2N2OS/c19-12-1-4-14(5-2-12)22-17(23)9-11-7-8-24-16-10-13(20)3-6-15(16)18(11)21-22/h1-6,9-10H,7-8H2. The van der Waals surface area contributed by atoms with Gasteiger partial charge in [-0.05, 0) is 48.4 Å². The fraction of sp³-hybridized carbons (Fsp3) is 0.111. The SMILES string of the molecule is O=c1cc2c(nn1-c1ccc(Cl)cc1)-c1ccc(Cl)cc1SCC2. The molecule has 0 saturated carbocycles. The molecule has 0 saturated heterocycles. The molecule has 0 bridgehead atoms. The Kier molecular flexibility index (Phi) is 4.12. The van der Waals surface area contributed by atoms with Crippen LogP contribution in [0.5, 0.6) is 0 Å². The van der Waals surface area contributed by atoms with Gasteiger partial charge in [-0.3, -0.25) is 4.79 Å². The molecule has 0 unspecified atom stereocenters. The van der Waals surface area contributed by atoms with Gasteiger partial charge >= 0.3 is 0 Å². The molecular formula is C18H12Cl2N2OS. The normalized spacial score (nSPS) is 13.1. The summed E-state index contributed by atoms with van der Waals surface area (Å²) >= 11 is 13.8. The molecule has 6 heteroatoms. The lowest BCUT2D eigenvalue weighted by atomic mass is 10.0. The zero-order valence-corrected chi connectivity index (χ0v) is 14.8. The first-order valence-corrected chi connectivity index (χ1v) is 9.18. The van der Waals surface area contributed by atoms with Crippen LogP contribution >= 0.6 is 35.0 Å². The average molecular weight is 375 g/mol. The van der Waals surface area contributed by atoms with Crippen molar-refractivity contribution in [1.29, 1.82) is 0 Å². The van der Waals surface area contributed by atoms with E-state index in [0.29, 0.717) is 15.7 Å². The summed E-state index contributed by atoms with van der Waals surface area (Å²) in [7, 11) is 0. The highest BCUT2D eigenvalue weighted by molar-refractivity contribution is 7.99. The molecule has 0 spiro atoms. The van der Waals surface area contributed by atoms with Crippen molar-refractivity contribution in [2.75, 3.05) is 5.75 Å². The molecule has 0 amide bonds. The molecule has 1 aromatic heterocycles. The molecule has 2 heterocycles. The van der Waals surface area contributed by atoms with Crippen molar-refractivity contribution in [3.63, 3.8) is 0 Å². The molecule has 3 nitrogen and oxygen atoms in total. The van der Waals surface area contributed by atoms with Crippen LogP contribution in [0.3, 0.4) is 0 Å². The first kappa shape index (κ1) is 15.8. The van der Waals surface area contributed by atoms with Crippen LogP contribution in [0.15, 0.2) is 58.2 Å². The lowest BCUT2D eigenvalue weighted by Gasteiger charge is -2.11. The highest BCUT2D eigenvalue weighted by Crippen LogP contribution is 2.37. The summed E-state index contributed by atoms with van der Waals surface area (Å²) in [6.07, 6.45) is 0.802. The van der Waals surface area contributed by atoms with Crippen molar-refractivity contribution in [2.24, 2.45) is 0 Å². The van der Waals surface area contributed by atoms with Crippen molar-refractivity contribution in [3.8, 4) is 16.9 Å². The van der Waals surface area contributed by atoms with Gasteiger partial charge < -0.3 is 0 Å². The summed E-state index contributed by atoms with van der Waals surface area (Å²) in [6, 6.07) is 14.5. The van der Waals surface area contributed by atoms with E-state index in [-0.39, 0.29) is 5.56 Å². The Morgan fingerprint density at radius 2 is 1.75 bits per heavy atom. The number of hydrogen-bond donors (Lipinski definition) is 0. The van der Waals surface area contributed by atoms with Crippen LogP contribution in [0.1, 0.15) is 5.56 Å². The highest BCUT2D eigenvalue weighted by Gasteiger charge is 2.19. The number of aromatic nitrogens is 2. The monoisotopic (exact) mass is 374 g/mol. The number of fused-ring (bicyclic) bond motifs is 3. The lowest BCUT2D eigenvalue weighted by Crippen LogP contribution is -2.22. The summed E-state index contributed by atoms with van der Waals surface area (Å²) < 4.78 is 1.42. The molecular weight excluding hydrogens is 363 g/mol. The lowest BCUT2D eigenvalue weighted by molar-refractivity contribution is 0.801. The topological polar surface area (TPSA) is 34.9 Å². The van der Waals surface area contributed by atoms with Gasteiger partial charge in [0.25, 0.3) is 5.56 Å². The van der Waals surface area contributed by atoms with Crippen molar-refractivity contribution < 1.29 is 0 Å². The van der Waals surface area contributed by atoms with E-state index in [4.69, 9.17) is 23.2 Å². The van der Waals surface area contributed by atoms with Gasteiger partial charge in [0.2, 0.25) is 0 Å². The number of thioether (sulfide) groups is 1. The van der Waals surface area contributed by atoms with Crippen molar-refractivity contribution in [1.82, 2.24) is 9.78 Å². The van der Waals surface area contributed by atoms with Gasteiger partial charge in [-0.25, -0.2) is 0 Å². The number of hydrogen-bond acceptors (Lipinski definition) is 3. The van der Waals surface area contributed by atoms with Crippen LogP contribution in [-0.2, 0) is 6.42 Å². The molecule has 1 aliphatic heterocycles. The van der Waals surface area contributed by atoms with Crippen LogP contribution in [0.2, 0.25) is 10.0 Å². The summed E-state index contributed by atoms with van der Waals surface area (Å²) in [5.74, 6) is 0.895. The molecule has 0 radical (unpaired) electrons. The second kappa shape index (κ2) is 6.28. The Hall–Kier alpha value is -1.75. The first-order chi connectivity index (χ1) is 11.6. The van der Waals surface area contributed by atoms with Gasteiger partial charge in [0.1, 0.15) is 0 Å². The predicted molar refractivity (Wildman–Crippen MR) is 99.7 cm³/mol. The summed E-state index contributed by atoms with van der Waals surface area (Å²) in [6.45, 7) is 0. The maximum absolute atomic E-state index is 12.5. The average Bonchev–Trinajstić information content (AvgIpc) is 2.73. The minimum absolute atomic E-state index is 0.140. The molecule has 2 aromatic carbocycles. The molecule has 24 heavy (non-hydrogen) atoms. The Morgan fingerprint density at radius 3 is 2.54 bits per heavy atom. The molecule has 1 aliphatic rings. The third-order valence-electron chi connectivity index (χ3n) is 3.91. The van der Waals surface area contributed by atoms with Crippen molar-refractivity contribution in [2.45, 2.75) is 11.3 Å². The minimum atomic E-state index is -0.140. The Labute approximate surface area is 153 Å². The fourth-order valence-electron chi connectivity index (χ4n) is 2.76. The first-order valence-electron chi connectivity index (χ1n) is 7.44. The van der Waals surface area contributed by atoms with Crippen LogP contribution in [0.25, 0.3) is 16.9 Å². The van der Waals surface area contributed by atoms with Gasteiger partial charge in [0.15, 0.2) is 0 Å². The number of aryl methyl sites for hydroxylation is 1. The van der Waals surface area contributed by atoms with Crippen molar-refractivity contribution >= 4 is 35.0 Å². The van der Waals surface area contributed by atoms with E-state index in [9.17, 15) is 4.79 Å². The number of rotatable bonds is 1. The molecule has 0 fully saturated rings. The molecule has 4 rings (SSSR count). The van der Waals surface area contributed by atoms with E-state index in [1.165, 1.54) is 4.68 Å². The highest BCUT2D eigenvalue weighted by atomic mass is 35.5. The largest absolute Gasteiger partial charge is 0.271 e. The van der Waals surface area contributed by atoms with Crippen LogP contribution < -0.4 is 5.56 Å². The molecule has 0 atom stereocenters. The van der Waals surface area contributed by atoms with Gasteiger partial charge in [0.05, 0.1) is 11.4 Å². The zero-order valence-electron chi connectivity index (χ0n) is 12.5.